The van der Waals surface area contributed by atoms with Gasteiger partial charge in [0, 0.05) is 51.2 Å². The lowest BCUT2D eigenvalue weighted by atomic mass is 9.77. The van der Waals surface area contributed by atoms with Crippen LogP contribution in [0.3, 0.4) is 0 Å². The molecule has 5 aromatic rings. The SMILES string of the molecule is COc1ccc(C2(c3ccc(N4CCOCC4)cc3)C=Cc3c4c(c5ccc(SC)cc5c3O2)-c2ccccc2C4(C)C)cc1. The van der Waals surface area contributed by atoms with Crippen LogP contribution in [0, 0.1) is 0 Å². The van der Waals surface area contributed by atoms with Crippen molar-refractivity contribution in [3.8, 4) is 22.6 Å². The van der Waals surface area contributed by atoms with E-state index in [9.17, 15) is 0 Å². The zero-order chi connectivity index (χ0) is 30.8. The monoisotopic (exact) mass is 611 g/mol. The van der Waals surface area contributed by atoms with Crippen LogP contribution in [0.15, 0.2) is 102 Å². The Hall–Kier alpha value is -4.19. The second-order valence-corrected chi connectivity index (χ2v) is 13.5. The van der Waals surface area contributed by atoms with Crippen molar-refractivity contribution in [1.82, 2.24) is 0 Å². The molecule has 3 aliphatic rings. The van der Waals surface area contributed by atoms with E-state index in [0.29, 0.717) is 0 Å². The fourth-order valence-electron chi connectivity index (χ4n) is 7.62. The predicted octanol–water partition coefficient (Wildman–Crippen LogP) is 9.06. The lowest BCUT2D eigenvalue weighted by molar-refractivity contribution is 0.122. The van der Waals surface area contributed by atoms with Gasteiger partial charge in [-0.2, -0.15) is 0 Å². The first-order valence-electron chi connectivity index (χ1n) is 15.7. The third-order valence-corrected chi connectivity index (χ3v) is 10.7. The van der Waals surface area contributed by atoms with Gasteiger partial charge in [0.1, 0.15) is 11.5 Å². The second-order valence-electron chi connectivity index (χ2n) is 12.6. The summed E-state index contributed by atoms with van der Waals surface area (Å²) in [6.07, 6.45) is 6.74. The summed E-state index contributed by atoms with van der Waals surface area (Å²) < 4.78 is 18.7. The molecule has 4 nitrogen and oxygen atoms in total. The van der Waals surface area contributed by atoms with Crippen molar-refractivity contribution >= 4 is 34.3 Å². The molecule has 5 heteroatoms. The van der Waals surface area contributed by atoms with Gasteiger partial charge in [0.25, 0.3) is 0 Å². The molecule has 45 heavy (non-hydrogen) atoms. The fraction of sp³-hybridized carbons (Fsp3) is 0.250. The third kappa shape index (κ3) is 4.32. The minimum Gasteiger partial charge on any atom is -0.497 e. The zero-order valence-electron chi connectivity index (χ0n) is 26.2. The lowest BCUT2D eigenvalue weighted by Crippen LogP contribution is -2.37. The lowest BCUT2D eigenvalue weighted by Gasteiger charge is -2.39. The van der Waals surface area contributed by atoms with E-state index in [-0.39, 0.29) is 5.41 Å². The quantitative estimate of drug-likeness (QED) is 0.185. The van der Waals surface area contributed by atoms with Crippen LogP contribution in [0.2, 0.25) is 0 Å². The Morgan fingerprint density at radius 1 is 0.822 bits per heavy atom. The van der Waals surface area contributed by atoms with Crippen LogP contribution in [0.4, 0.5) is 5.69 Å². The number of morpholine rings is 1. The Kier molecular flexibility index (Phi) is 6.74. The van der Waals surface area contributed by atoms with Gasteiger partial charge in [-0.25, -0.2) is 0 Å². The maximum Gasteiger partial charge on any atom is 0.178 e. The number of ether oxygens (including phenoxy) is 3. The first-order valence-corrected chi connectivity index (χ1v) is 16.9. The van der Waals surface area contributed by atoms with Crippen LogP contribution in [-0.4, -0.2) is 39.7 Å². The van der Waals surface area contributed by atoms with E-state index < -0.39 is 5.60 Å². The van der Waals surface area contributed by atoms with E-state index in [4.69, 9.17) is 14.2 Å². The first-order chi connectivity index (χ1) is 21.9. The van der Waals surface area contributed by atoms with Crippen LogP contribution in [0.1, 0.15) is 41.7 Å². The number of nitrogens with zero attached hydrogens (tertiary/aromatic N) is 1. The highest BCUT2D eigenvalue weighted by Gasteiger charge is 2.44. The van der Waals surface area contributed by atoms with Crippen molar-refractivity contribution < 1.29 is 14.2 Å². The highest BCUT2D eigenvalue weighted by molar-refractivity contribution is 7.98. The summed E-state index contributed by atoms with van der Waals surface area (Å²) in [7, 11) is 1.71. The van der Waals surface area contributed by atoms with Crippen molar-refractivity contribution in [2.45, 2.75) is 29.8 Å². The Morgan fingerprint density at radius 2 is 1.53 bits per heavy atom. The molecule has 8 rings (SSSR count). The normalized spacial score (nSPS) is 19.5. The van der Waals surface area contributed by atoms with Crippen molar-refractivity contribution in [2.24, 2.45) is 0 Å². The van der Waals surface area contributed by atoms with Crippen molar-refractivity contribution in [3.63, 3.8) is 0 Å². The molecule has 0 saturated carbocycles. The molecule has 2 heterocycles. The van der Waals surface area contributed by atoms with Gasteiger partial charge in [0.05, 0.1) is 20.3 Å². The molecular formula is C40H37NO3S. The molecule has 1 saturated heterocycles. The topological polar surface area (TPSA) is 30.9 Å². The summed E-state index contributed by atoms with van der Waals surface area (Å²) in [4.78, 5) is 3.61. The van der Waals surface area contributed by atoms with Gasteiger partial charge >= 0.3 is 0 Å². The van der Waals surface area contributed by atoms with E-state index in [0.717, 1.165) is 54.3 Å². The molecule has 1 aliphatic carbocycles. The average molecular weight is 612 g/mol. The summed E-state index contributed by atoms with van der Waals surface area (Å²) in [5.41, 5.74) is 8.88. The van der Waals surface area contributed by atoms with Crippen molar-refractivity contribution in [2.75, 3.05) is 44.6 Å². The molecule has 0 radical (unpaired) electrons. The molecule has 226 valence electrons. The highest BCUT2D eigenvalue weighted by Crippen LogP contribution is 2.58. The summed E-state index contributed by atoms with van der Waals surface area (Å²) in [6.45, 7) is 8.03. The molecule has 0 aromatic heterocycles. The Balaban J connectivity index is 1.37. The van der Waals surface area contributed by atoms with Crippen LogP contribution < -0.4 is 14.4 Å². The number of hydrogen-bond donors (Lipinski definition) is 0. The number of anilines is 1. The van der Waals surface area contributed by atoms with E-state index in [1.807, 2.05) is 12.1 Å². The van der Waals surface area contributed by atoms with Gasteiger partial charge in [0.2, 0.25) is 0 Å². The summed E-state index contributed by atoms with van der Waals surface area (Å²) >= 11 is 1.76. The Bertz CT molecular complexity index is 1960. The van der Waals surface area contributed by atoms with Crippen molar-refractivity contribution in [1.29, 1.82) is 0 Å². The average Bonchev–Trinajstić information content (AvgIpc) is 3.35. The summed E-state index contributed by atoms with van der Waals surface area (Å²) in [5, 5.41) is 2.39. The van der Waals surface area contributed by atoms with E-state index in [2.05, 4.69) is 116 Å². The largest absolute Gasteiger partial charge is 0.497 e. The van der Waals surface area contributed by atoms with E-state index in [1.165, 1.54) is 43.8 Å². The Morgan fingerprint density at radius 3 is 2.24 bits per heavy atom. The minimum absolute atomic E-state index is 0.171. The standard InChI is InChI=1S/C40H37NO3S/c1-39(2)35-8-6-5-7-32(35)36-31-18-17-30(45-4)25-34(31)38-33(37(36)39)19-20-40(44-38,27-11-15-29(42-3)16-12-27)26-9-13-28(14-10-26)41-21-23-43-24-22-41/h5-20,25H,21-24H2,1-4H3. The maximum absolute atomic E-state index is 7.51. The number of thioether (sulfide) groups is 1. The minimum atomic E-state index is -0.824. The van der Waals surface area contributed by atoms with E-state index >= 15 is 0 Å². The molecule has 0 spiro atoms. The summed E-state index contributed by atoms with van der Waals surface area (Å²) in [6, 6.07) is 33.0. The number of benzene rings is 5. The number of hydrogen-bond acceptors (Lipinski definition) is 5. The highest BCUT2D eigenvalue weighted by atomic mass is 32.2. The Labute approximate surface area is 269 Å². The van der Waals surface area contributed by atoms with Crippen LogP contribution >= 0.6 is 11.8 Å². The predicted molar refractivity (Wildman–Crippen MR) is 186 cm³/mol. The smallest absolute Gasteiger partial charge is 0.178 e. The fourth-order valence-corrected chi connectivity index (χ4v) is 8.06. The molecule has 0 N–H and O–H groups in total. The second kappa shape index (κ2) is 10.7. The van der Waals surface area contributed by atoms with Gasteiger partial charge in [0.15, 0.2) is 5.60 Å². The molecule has 0 amide bonds. The van der Waals surface area contributed by atoms with Crippen molar-refractivity contribution in [3.05, 3.63) is 125 Å². The molecule has 1 unspecified atom stereocenters. The molecule has 5 aromatic carbocycles. The van der Waals surface area contributed by atoms with Crippen LogP contribution in [0.25, 0.3) is 28.0 Å². The zero-order valence-corrected chi connectivity index (χ0v) is 27.0. The van der Waals surface area contributed by atoms with Gasteiger partial charge in [-0.15, -0.1) is 11.8 Å². The molecule has 1 atom stereocenters. The molecule has 2 aliphatic heterocycles. The number of methoxy groups -OCH3 is 1. The molecular weight excluding hydrogens is 575 g/mol. The maximum atomic E-state index is 7.51. The van der Waals surface area contributed by atoms with Gasteiger partial charge in [-0.1, -0.05) is 74.5 Å². The molecule has 1 fully saturated rings. The van der Waals surface area contributed by atoms with Crippen LogP contribution in [0.5, 0.6) is 11.5 Å². The number of rotatable bonds is 5. The first kappa shape index (κ1) is 28.3. The van der Waals surface area contributed by atoms with Gasteiger partial charge in [-0.05, 0) is 76.4 Å². The number of fused-ring (bicyclic) bond motifs is 8. The molecule has 0 bridgehead atoms. The van der Waals surface area contributed by atoms with E-state index in [1.54, 1.807) is 18.9 Å². The van der Waals surface area contributed by atoms with Crippen LogP contribution in [-0.2, 0) is 15.8 Å². The van der Waals surface area contributed by atoms with Gasteiger partial charge in [-0.3, -0.25) is 0 Å². The van der Waals surface area contributed by atoms with Gasteiger partial charge < -0.3 is 19.1 Å². The third-order valence-electron chi connectivity index (χ3n) is 9.94. The summed E-state index contributed by atoms with van der Waals surface area (Å²) in [5.74, 6) is 1.76.